The Morgan fingerprint density at radius 3 is 2.03 bits per heavy atom. The van der Waals surface area contributed by atoms with E-state index in [1.165, 1.54) is 0 Å². The largest absolute Gasteiger partial charge is 0.337 e. The molecule has 0 saturated carbocycles. The number of thiazole rings is 1. The van der Waals surface area contributed by atoms with Crippen LogP contribution in [0.25, 0.3) is 65.2 Å². The van der Waals surface area contributed by atoms with Crippen LogP contribution in [0.15, 0.2) is 84.6 Å². The second kappa shape index (κ2) is 7.72. The zero-order valence-corrected chi connectivity index (χ0v) is 19.3. The summed E-state index contributed by atoms with van der Waals surface area (Å²) in [5.41, 5.74) is 8.90. The van der Waals surface area contributed by atoms with Crippen LogP contribution in [0.4, 0.5) is 0 Å². The van der Waals surface area contributed by atoms with E-state index in [9.17, 15) is 0 Å². The quantitative estimate of drug-likeness (QED) is 0.286. The van der Waals surface area contributed by atoms with Gasteiger partial charge in [0.05, 0.1) is 47.9 Å². The van der Waals surface area contributed by atoms with Gasteiger partial charge in [0.1, 0.15) is 11.6 Å². The number of H-pyrrole nitrogens is 2. The lowest BCUT2D eigenvalue weighted by molar-refractivity contribution is 1.34. The number of aromatic amines is 2. The van der Waals surface area contributed by atoms with Gasteiger partial charge < -0.3 is 9.97 Å². The highest BCUT2D eigenvalue weighted by Gasteiger charge is 2.12. The molecule has 7 rings (SSSR count). The zero-order chi connectivity index (χ0) is 22.5. The molecule has 0 spiro atoms. The number of benzene rings is 2. The number of nitrogens with zero attached hydrogens (tertiary/aromatic N) is 4. The van der Waals surface area contributed by atoms with Gasteiger partial charge in [-0.15, -0.1) is 22.7 Å². The molecule has 7 aromatic rings. The smallest absolute Gasteiger partial charge is 0.150 e. The van der Waals surface area contributed by atoms with Gasteiger partial charge in [0.25, 0.3) is 0 Å². The highest BCUT2D eigenvalue weighted by molar-refractivity contribution is 7.18. The van der Waals surface area contributed by atoms with Gasteiger partial charge in [0, 0.05) is 12.4 Å². The fraction of sp³-hybridized carbons (Fsp3) is 0. The molecule has 2 N–H and O–H groups in total. The molecular formula is C26H16N6S2. The molecule has 34 heavy (non-hydrogen) atoms. The number of fused-ring (bicyclic) bond motifs is 2. The molecule has 0 atom stereocenters. The van der Waals surface area contributed by atoms with E-state index < -0.39 is 0 Å². The Kier molecular flexibility index (Phi) is 4.39. The topological polar surface area (TPSA) is 83.1 Å². The summed E-state index contributed by atoms with van der Waals surface area (Å²) in [6.45, 7) is 0. The normalized spacial score (nSPS) is 11.5. The lowest BCUT2D eigenvalue weighted by Crippen LogP contribution is -1.79. The standard InChI is InChI=1S/C26H16N6S2/c1-2-10-28-19(3-1)22-8-9-23(34-22)25-29-17-6-4-15(11-20(17)31-25)16-5-7-18-21(12-16)32-26(30-18)24-13-27-14-33-24/h1-14H,(H,29,31)(H,30,32). The maximum absolute atomic E-state index is 4.88. The molecule has 162 valence electrons. The van der Waals surface area contributed by atoms with E-state index in [0.29, 0.717) is 0 Å². The van der Waals surface area contributed by atoms with E-state index in [0.717, 1.165) is 65.2 Å². The molecule has 5 aromatic heterocycles. The molecule has 0 amide bonds. The van der Waals surface area contributed by atoms with Crippen molar-refractivity contribution in [3.63, 3.8) is 0 Å². The Hall–Kier alpha value is -4.14. The van der Waals surface area contributed by atoms with Crippen LogP contribution in [-0.4, -0.2) is 29.9 Å². The van der Waals surface area contributed by atoms with Crippen LogP contribution in [0.1, 0.15) is 0 Å². The number of thiophene rings is 1. The predicted octanol–water partition coefficient (Wildman–Crippen LogP) is 7.02. The Bertz CT molecular complexity index is 1760. The van der Waals surface area contributed by atoms with Gasteiger partial charge in [-0.05, 0) is 59.7 Å². The predicted molar refractivity (Wildman–Crippen MR) is 139 cm³/mol. The van der Waals surface area contributed by atoms with Gasteiger partial charge in [0.15, 0.2) is 0 Å². The molecule has 0 unspecified atom stereocenters. The van der Waals surface area contributed by atoms with Crippen LogP contribution in [0, 0.1) is 0 Å². The van der Waals surface area contributed by atoms with Gasteiger partial charge in [-0.25, -0.2) is 9.97 Å². The summed E-state index contributed by atoms with van der Waals surface area (Å²) in [6.07, 6.45) is 3.65. The highest BCUT2D eigenvalue weighted by atomic mass is 32.1. The number of hydrogen-bond acceptors (Lipinski definition) is 6. The van der Waals surface area contributed by atoms with E-state index in [-0.39, 0.29) is 0 Å². The van der Waals surface area contributed by atoms with Crippen LogP contribution in [0.3, 0.4) is 0 Å². The molecule has 0 aliphatic rings. The molecule has 0 saturated heterocycles. The number of nitrogens with one attached hydrogen (secondary N) is 2. The molecule has 0 radical (unpaired) electrons. The molecule has 0 bridgehead atoms. The van der Waals surface area contributed by atoms with E-state index in [4.69, 9.17) is 9.97 Å². The minimum atomic E-state index is 0.850. The fourth-order valence-corrected chi connectivity index (χ4v) is 5.54. The maximum atomic E-state index is 4.88. The Morgan fingerprint density at radius 1 is 0.676 bits per heavy atom. The maximum Gasteiger partial charge on any atom is 0.150 e. The van der Waals surface area contributed by atoms with Gasteiger partial charge in [0.2, 0.25) is 0 Å². The fourth-order valence-electron chi connectivity index (χ4n) is 4.05. The summed E-state index contributed by atoms with van der Waals surface area (Å²) in [7, 11) is 0. The van der Waals surface area contributed by atoms with Gasteiger partial charge in [-0.3, -0.25) is 9.97 Å². The van der Waals surface area contributed by atoms with Crippen molar-refractivity contribution in [1.29, 1.82) is 0 Å². The minimum absolute atomic E-state index is 0.850. The Balaban J connectivity index is 1.23. The average Bonchev–Trinajstić information content (AvgIpc) is 3.68. The summed E-state index contributed by atoms with van der Waals surface area (Å²) in [5, 5.41) is 0. The van der Waals surface area contributed by atoms with Crippen LogP contribution in [0.2, 0.25) is 0 Å². The van der Waals surface area contributed by atoms with Crippen LogP contribution in [0.5, 0.6) is 0 Å². The van der Waals surface area contributed by atoms with Gasteiger partial charge in [-0.1, -0.05) is 18.2 Å². The third-order valence-electron chi connectivity index (χ3n) is 5.72. The first-order valence-electron chi connectivity index (χ1n) is 10.7. The number of hydrogen-bond donors (Lipinski definition) is 2. The molecule has 0 fully saturated rings. The van der Waals surface area contributed by atoms with Crippen molar-refractivity contribution in [2.24, 2.45) is 0 Å². The molecular weight excluding hydrogens is 460 g/mol. The molecule has 5 heterocycles. The van der Waals surface area contributed by atoms with Crippen molar-refractivity contribution in [2.45, 2.75) is 0 Å². The first-order valence-corrected chi connectivity index (χ1v) is 12.4. The monoisotopic (exact) mass is 476 g/mol. The number of imidazole rings is 2. The van der Waals surface area contributed by atoms with Crippen molar-refractivity contribution in [3.8, 4) is 43.1 Å². The van der Waals surface area contributed by atoms with Crippen LogP contribution in [-0.2, 0) is 0 Å². The average molecular weight is 477 g/mol. The molecule has 2 aromatic carbocycles. The number of pyridine rings is 1. The highest BCUT2D eigenvalue weighted by Crippen LogP contribution is 2.34. The summed E-state index contributed by atoms with van der Waals surface area (Å²) in [5.74, 6) is 1.72. The summed E-state index contributed by atoms with van der Waals surface area (Å²) < 4.78 is 0. The summed E-state index contributed by atoms with van der Waals surface area (Å²) in [6, 6.07) is 22.8. The Labute approximate surface area is 202 Å². The van der Waals surface area contributed by atoms with E-state index in [1.807, 2.05) is 36.1 Å². The van der Waals surface area contributed by atoms with E-state index in [2.05, 4.69) is 68.5 Å². The van der Waals surface area contributed by atoms with Crippen molar-refractivity contribution >= 4 is 44.7 Å². The van der Waals surface area contributed by atoms with Crippen molar-refractivity contribution in [1.82, 2.24) is 29.9 Å². The lowest BCUT2D eigenvalue weighted by atomic mass is 10.0. The molecule has 8 heteroatoms. The van der Waals surface area contributed by atoms with Crippen molar-refractivity contribution in [3.05, 3.63) is 84.6 Å². The lowest BCUT2D eigenvalue weighted by Gasteiger charge is -2.01. The molecule has 6 nitrogen and oxygen atoms in total. The minimum Gasteiger partial charge on any atom is -0.337 e. The van der Waals surface area contributed by atoms with Gasteiger partial charge in [-0.2, -0.15) is 0 Å². The van der Waals surface area contributed by atoms with Crippen molar-refractivity contribution in [2.75, 3.05) is 0 Å². The third kappa shape index (κ3) is 3.32. The zero-order valence-electron chi connectivity index (χ0n) is 17.7. The first-order chi connectivity index (χ1) is 16.8. The summed E-state index contributed by atoms with van der Waals surface area (Å²) in [4.78, 5) is 28.3. The third-order valence-corrected chi connectivity index (χ3v) is 7.62. The second-order valence-electron chi connectivity index (χ2n) is 7.88. The van der Waals surface area contributed by atoms with Crippen LogP contribution >= 0.6 is 22.7 Å². The van der Waals surface area contributed by atoms with Gasteiger partial charge >= 0.3 is 0 Å². The van der Waals surface area contributed by atoms with Crippen LogP contribution < -0.4 is 0 Å². The molecule has 0 aliphatic heterocycles. The van der Waals surface area contributed by atoms with Crippen molar-refractivity contribution < 1.29 is 0 Å². The second-order valence-corrected chi connectivity index (χ2v) is 9.85. The SMILES string of the molecule is c1ccc(-c2ccc(-c3nc4cc(-c5ccc6[nH]c(-c7cncs7)nc6c5)ccc4[nH]3)s2)nc1. The number of aromatic nitrogens is 6. The first kappa shape index (κ1) is 19.3. The number of rotatable bonds is 4. The Morgan fingerprint density at radius 2 is 1.38 bits per heavy atom. The molecule has 0 aliphatic carbocycles. The van der Waals surface area contributed by atoms with E-state index in [1.54, 1.807) is 22.7 Å². The van der Waals surface area contributed by atoms with E-state index >= 15 is 0 Å². The summed E-state index contributed by atoms with van der Waals surface area (Å²) >= 11 is 3.26.